The highest BCUT2D eigenvalue weighted by Gasteiger charge is 2.47. The molecule has 0 aromatic rings. The Bertz CT molecular complexity index is 348. The van der Waals surface area contributed by atoms with Crippen molar-refractivity contribution >= 4 is 11.9 Å². The molecule has 8 heteroatoms. The number of hydrogen-bond acceptors (Lipinski definition) is 3. The highest BCUT2D eigenvalue weighted by atomic mass is 19.4. The Morgan fingerprint density at radius 3 is 1.95 bits per heavy atom. The topological polar surface area (TPSA) is 69.6 Å². The summed E-state index contributed by atoms with van der Waals surface area (Å²) in [5.74, 6) is -2.38. The minimum absolute atomic E-state index is 0.0251. The number of carboxylic acids is 1. The number of aliphatic carboxylic acids is 1. The lowest BCUT2D eigenvalue weighted by Crippen LogP contribution is -2.48. The monoisotopic (exact) mass is 282 g/mol. The molecule has 0 radical (unpaired) electrons. The molecule has 0 unspecified atom stereocenters. The van der Waals surface area contributed by atoms with Gasteiger partial charge in [0.1, 0.15) is 0 Å². The van der Waals surface area contributed by atoms with Crippen molar-refractivity contribution in [2.24, 2.45) is 5.41 Å². The lowest BCUT2D eigenvalue weighted by molar-refractivity contribution is -0.192. The van der Waals surface area contributed by atoms with Gasteiger partial charge in [0.05, 0.1) is 0 Å². The van der Waals surface area contributed by atoms with Crippen molar-refractivity contribution in [2.75, 3.05) is 26.2 Å². The molecular formula is C11H17F3N2O3. The number of piperazine rings is 1. The van der Waals surface area contributed by atoms with Crippen LogP contribution in [0.2, 0.25) is 0 Å². The minimum atomic E-state index is -5.08. The zero-order chi connectivity index (χ0) is 14.7. The van der Waals surface area contributed by atoms with E-state index in [0.717, 1.165) is 39.0 Å². The zero-order valence-electron chi connectivity index (χ0n) is 10.6. The van der Waals surface area contributed by atoms with Crippen LogP contribution in [-0.4, -0.2) is 54.2 Å². The molecule has 2 aliphatic rings. The molecule has 2 rings (SSSR count). The molecule has 1 heterocycles. The number of hydrogen-bond donors (Lipinski definition) is 2. The van der Waals surface area contributed by atoms with Gasteiger partial charge in [-0.1, -0.05) is 6.92 Å². The highest BCUT2D eigenvalue weighted by Crippen LogP contribution is 2.46. The van der Waals surface area contributed by atoms with Crippen LogP contribution in [-0.2, 0) is 9.59 Å². The zero-order valence-corrected chi connectivity index (χ0v) is 10.6. The SMILES string of the molecule is CC1(C(=O)N2CCNCC2)CC1.O=C(O)C(F)(F)F. The molecular weight excluding hydrogens is 265 g/mol. The van der Waals surface area contributed by atoms with Gasteiger partial charge >= 0.3 is 12.1 Å². The highest BCUT2D eigenvalue weighted by molar-refractivity contribution is 5.85. The van der Waals surface area contributed by atoms with Gasteiger partial charge in [-0.15, -0.1) is 0 Å². The van der Waals surface area contributed by atoms with Gasteiger partial charge in [-0.05, 0) is 12.8 Å². The molecule has 1 amide bonds. The molecule has 0 bridgehead atoms. The fourth-order valence-corrected chi connectivity index (χ4v) is 1.65. The largest absolute Gasteiger partial charge is 0.490 e. The Morgan fingerprint density at radius 2 is 1.63 bits per heavy atom. The summed E-state index contributed by atoms with van der Waals surface area (Å²) in [4.78, 5) is 22.7. The molecule has 0 spiro atoms. The lowest BCUT2D eigenvalue weighted by atomic mass is 10.1. The van der Waals surface area contributed by atoms with Crippen molar-refractivity contribution in [1.29, 1.82) is 0 Å². The van der Waals surface area contributed by atoms with E-state index in [1.807, 2.05) is 4.90 Å². The van der Waals surface area contributed by atoms with Crippen molar-refractivity contribution < 1.29 is 27.9 Å². The second kappa shape index (κ2) is 5.77. The van der Waals surface area contributed by atoms with E-state index in [1.165, 1.54) is 0 Å². The molecule has 2 N–H and O–H groups in total. The van der Waals surface area contributed by atoms with Crippen LogP contribution in [0.1, 0.15) is 19.8 Å². The van der Waals surface area contributed by atoms with E-state index in [0.29, 0.717) is 5.91 Å². The van der Waals surface area contributed by atoms with Gasteiger partial charge in [0.2, 0.25) is 5.91 Å². The first-order valence-corrected chi connectivity index (χ1v) is 5.97. The molecule has 1 aliphatic heterocycles. The molecule has 0 aromatic heterocycles. The summed E-state index contributed by atoms with van der Waals surface area (Å²) in [5.41, 5.74) is 0.0251. The van der Waals surface area contributed by atoms with E-state index in [2.05, 4.69) is 12.2 Å². The van der Waals surface area contributed by atoms with Crippen molar-refractivity contribution in [3.05, 3.63) is 0 Å². The number of halogens is 3. The third kappa shape index (κ3) is 4.70. The van der Waals surface area contributed by atoms with E-state index in [4.69, 9.17) is 9.90 Å². The van der Waals surface area contributed by atoms with Gasteiger partial charge in [-0.2, -0.15) is 13.2 Å². The van der Waals surface area contributed by atoms with E-state index in [-0.39, 0.29) is 5.41 Å². The summed E-state index contributed by atoms with van der Waals surface area (Å²) in [6.45, 7) is 5.80. The summed E-state index contributed by atoms with van der Waals surface area (Å²) in [5, 5.41) is 10.4. The predicted molar refractivity (Wildman–Crippen MR) is 60.5 cm³/mol. The number of carbonyl (C=O) groups excluding carboxylic acids is 1. The Labute approximate surface area is 108 Å². The summed E-state index contributed by atoms with van der Waals surface area (Å²) in [6, 6.07) is 0. The van der Waals surface area contributed by atoms with Crippen molar-refractivity contribution in [2.45, 2.75) is 25.9 Å². The normalized spacial score (nSPS) is 21.2. The minimum Gasteiger partial charge on any atom is -0.475 e. The standard InChI is InChI=1S/C9H16N2O.C2HF3O2/c1-9(2-3-9)8(12)11-6-4-10-5-7-11;3-2(4,5)1(6)7/h10H,2-7H2,1H3;(H,6,7). The third-order valence-electron chi connectivity index (χ3n) is 3.16. The molecule has 5 nitrogen and oxygen atoms in total. The summed E-state index contributed by atoms with van der Waals surface area (Å²) >= 11 is 0. The molecule has 1 saturated carbocycles. The molecule has 110 valence electrons. The van der Waals surface area contributed by atoms with Crippen LogP contribution in [0, 0.1) is 5.41 Å². The van der Waals surface area contributed by atoms with Gasteiger partial charge in [0, 0.05) is 31.6 Å². The average molecular weight is 282 g/mol. The van der Waals surface area contributed by atoms with E-state index in [9.17, 15) is 18.0 Å². The van der Waals surface area contributed by atoms with Crippen LogP contribution in [0.3, 0.4) is 0 Å². The number of nitrogens with zero attached hydrogens (tertiary/aromatic N) is 1. The summed E-state index contributed by atoms with van der Waals surface area (Å²) in [7, 11) is 0. The van der Waals surface area contributed by atoms with Crippen LogP contribution in [0.25, 0.3) is 0 Å². The third-order valence-corrected chi connectivity index (χ3v) is 3.16. The number of nitrogens with one attached hydrogen (secondary N) is 1. The lowest BCUT2D eigenvalue weighted by Gasteiger charge is -2.29. The number of alkyl halides is 3. The molecule has 1 saturated heterocycles. The fraction of sp³-hybridized carbons (Fsp3) is 0.818. The average Bonchev–Trinajstić information content (AvgIpc) is 3.08. The molecule has 19 heavy (non-hydrogen) atoms. The Balaban J connectivity index is 0.000000224. The number of rotatable bonds is 1. The predicted octanol–water partition coefficient (Wildman–Crippen LogP) is 0.852. The first-order valence-electron chi connectivity index (χ1n) is 5.97. The van der Waals surface area contributed by atoms with Gasteiger partial charge in [0.15, 0.2) is 0 Å². The number of carboxylic acid groups (broad SMARTS) is 1. The second-order valence-corrected chi connectivity index (χ2v) is 4.91. The molecule has 2 fully saturated rings. The maximum absolute atomic E-state index is 11.8. The maximum Gasteiger partial charge on any atom is 0.490 e. The number of carbonyl (C=O) groups is 2. The van der Waals surface area contributed by atoms with E-state index >= 15 is 0 Å². The van der Waals surface area contributed by atoms with Crippen LogP contribution in [0.5, 0.6) is 0 Å². The van der Waals surface area contributed by atoms with Crippen LogP contribution in [0.15, 0.2) is 0 Å². The van der Waals surface area contributed by atoms with Crippen LogP contribution < -0.4 is 5.32 Å². The van der Waals surface area contributed by atoms with Gasteiger partial charge in [-0.3, -0.25) is 4.79 Å². The van der Waals surface area contributed by atoms with Crippen LogP contribution >= 0.6 is 0 Å². The van der Waals surface area contributed by atoms with Gasteiger partial charge < -0.3 is 15.3 Å². The molecule has 1 aliphatic carbocycles. The van der Waals surface area contributed by atoms with Gasteiger partial charge in [0.25, 0.3) is 0 Å². The van der Waals surface area contributed by atoms with Crippen molar-refractivity contribution in [1.82, 2.24) is 10.2 Å². The first-order chi connectivity index (χ1) is 8.67. The number of amides is 1. The fourth-order valence-electron chi connectivity index (χ4n) is 1.65. The van der Waals surface area contributed by atoms with Gasteiger partial charge in [-0.25, -0.2) is 4.79 Å². The Morgan fingerprint density at radius 1 is 1.21 bits per heavy atom. The smallest absolute Gasteiger partial charge is 0.475 e. The molecule has 0 atom stereocenters. The van der Waals surface area contributed by atoms with Crippen LogP contribution in [0.4, 0.5) is 13.2 Å². The van der Waals surface area contributed by atoms with Crippen molar-refractivity contribution in [3.63, 3.8) is 0 Å². The summed E-state index contributed by atoms with van der Waals surface area (Å²) in [6.07, 6.45) is -2.90. The first kappa shape index (κ1) is 15.7. The second-order valence-electron chi connectivity index (χ2n) is 4.91. The van der Waals surface area contributed by atoms with Crippen molar-refractivity contribution in [3.8, 4) is 0 Å². The quantitative estimate of drug-likeness (QED) is 0.748. The van der Waals surface area contributed by atoms with E-state index < -0.39 is 12.1 Å². The van der Waals surface area contributed by atoms with E-state index in [1.54, 1.807) is 0 Å². The molecule has 0 aromatic carbocycles. The Kier molecular flexibility index (Phi) is 4.78. The maximum atomic E-state index is 11.8. The summed E-state index contributed by atoms with van der Waals surface area (Å²) < 4.78 is 31.7. The Hall–Kier alpha value is -1.31.